The molecule has 3 heteroatoms. The first-order chi connectivity index (χ1) is 7.13. The van der Waals surface area contributed by atoms with Crippen molar-refractivity contribution in [2.24, 2.45) is 11.5 Å². The van der Waals surface area contributed by atoms with Crippen LogP contribution in [0.25, 0.3) is 10.9 Å². The molecule has 0 bridgehead atoms. The van der Waals surface area contributed by atoms with E-state index in [-0.39, 0.29) is 6.04 Å². The number of hydrogen-bond donors (Lipinski definition) is 3. The van der Waals surface area contributed by atoms with Gasteiger partial charge in [0.15, 0.2) is 0 Å². The van der Waals surface area contributed by atoms with Gasteiger partial charge in [-0.25, -0.2) is 0 Å². The maximum Gasteiger partial charge on any atom is 0.0459 e. The van der Waals surface area contributed by atoms with E-state index in [1.165, 1.54) is 10.9 Å². The zero-order valence-corrected chi connectivity index (χ0v) is 9.17. The molecule has 1 aromatic carbocycles. The molecule has 0 saturated heterocycles. The minimum absolute atomic E-state index is 0.0828. The fourth-order valence-electron chi connectivity index (χ4n) is 2.06. The predicted molar refractivity (Wildman–Crippen MR) is 63.8 cm³/mol. The second kappa shape index (κ2) is 3.68. The topological polar surface area (TPSA) is 67.8 Å². The number of fused-ring (bicyclic) bond motifs is 1. The Morgan fingerprint density at radius 2 is 2.07 bits per heavy atom. The summed E-state index contributed by atoms with van der Waals surface area (Å²) in [5.74, 6) is 0. The first-order valence-corrected chi connectivity index (χ1v) is 5.18. The smallest absolute Gasteiger partial charge is 0.0459 e. The summed E-state index contributed by atoms with van der Waals surface area (Å²) in [7, 11) is 0. The lowest BCUT2D eigenvalue weighted by atomic mass is 10.0. The van der Waals surface area contributed by atoms with Gasteiger partial charge in [0.2, 0.25) is 0 Å². The molecule has 80 valence electrons. The Hall–Kier alpha value is -1.32. The number of benzene rings is 1. The van der Waals surface area contributed by atoms with Gasteiger partial charge in [0.25, 0.3) is 0 Å². The molecule has 0 radical (unpaired) electrons. The zero-order chi connectivity index (χ0) is 11.0. The van der Waals surface area contributed by atoms with Crippen LogP contribution >= 0.6 is 0 Å². The van der Waals surface area contributed by atoms with Gasteiger partial charge in [0.1, 0.15) is 0 Å². The summed E-state index contributed by atoms with van der Waals surface area (Å²) in [6, 6.07) is 6.25. The molecule has 2 aromatic rings. The second-order valence-electron chi connectivity index (χ2n) is 4.05. The van der Waals surface area contributed by atoms with Crippen LogP contribution in [0.3, 0.4) is 0 Å². The Morgan fingerprint density at radius 3 is 2.73 bits per heavy atom. The van der Waals surface area contributed by atoms with Crippen LogP contribution in [0.2, 0.25) is 0 Å². The molecule has 3 nitrogen and oxygen atoms in total. The Balaban J connectivity index is 2.70. The fourth-order valence-corrected chi connectivity index (χ4v) is 2.06. The molecular formula is C12H17N3. The van der Waals surface area contributed by atoms with E-state index in [9.17, 15) is 0 Å². The van der Waals surface area contributed by atoms with E-state index in [0.717, 1.165) is 16.8 Å². The summed E-state index contributed by atoms with van der Waals surface area (Å²) < 4.78 is 0. The van der Waals surface area contributed by atoms with Crippen LogP contribution in [-0.4, -0.2) is 11.5 Å². The van der Waals surface area contributed by atoms with Crippen LogP contribution in [-0.2, 0) is 0 Å². The minimum atomic E-state index is -0.0828. The maximum absolute atomic E-state index is 6.01. The summed E-state index contributed by atoms with van der Waals surface area (Å²) in [5, 5.41) is 1.20. The molecule has 0 spiro atoms. The van der Waals surface area contributed by atoms with Gasteiger partial charge in [-0.1, -0.05) is 11.6 Å². The number of H-pyrrole nitrogens is 1. The predicted octanol–water partition coefficient (Wildman–Crippen LogP) is 1.74. The van der Waals surface area contributed by atoms with Gasteiger partial charge in [0.05, 0.1) is 0 Å². The minimum Gasteiger partial charge on any atom is -0.358 e. The van der Waals surface area contributed by atoms with E-state index in [4.69, 9.17) is 11.5 Å². The van der Waals surface area contributed by atoms with Gasteiger partial charge in [0, 0.05) is 29.2 Å². The van der Waals surface area contributed by atoms with Crippen LogP contribution in [0.4, 0.5) is 0 Å². The largest absolute Gasteiger partial charge is 0.358 e. The van der Waals surface area contributed by atoms with Crippen molar-refractivity contribution in [3.8, 4) is 0 Å². The van der Waals surface area contributed by atoms with Crippen molar-refractivity contribution >= 4 is 10.9 Å². The quantitative estimate of drug-likeness (QED) is 0.696. The molecule has 0 saturated carbocycles. The molecule has 1 heterocycles. The second-order valence-corrected chi connectivity index (χ2v) is 4.05. The van der Waals surface area contributed by atoms with E-state index in [1.54, 1.807) is 0 Å². The van der Waals surface area contributed by atoms with E-state index in [0.29, 0.717) is 6.54 Å². The standard InChI is InChI=1S/C12H17N3/c1-7-3-4-11-9(5-7)12(8(2)15-11)10(14)6-13/h3-5,10,15H,6,13-14H2,1-2H3. The third-order valence-electron chi connectivity index (χ3n) is 2.82. The number of nitrogens with two attached hydrogens (primary N) is 2. The van der Waals surface area contributed by atoms with Crippen molar-refractivity contribution in [2.45, 2.75) is 19.9 Å². The first-order valence-electron chi connectivity index (χ1n) is 5.18. The maximum atomic E-state index is 6.01. The van der Waals surface area contributed by atoms with E-state index in [1.807, 2.05) is 6.92 Å². The van der Waals surface area contributed by atoms with Crippen molar-refractivity contribution in [1.29, 1.82) is 0 Å². The third kappa shape index (κ3) is 1.64. The average molecular weight is 203 g/mol. The highest BCUT2D eigenvalue weighted by Crippen LogP contribution is 2.26. The molecule has 15 heavy (non-hydrogen) atoms. The lowest BCUT2D eigenvalue weighted by Crippen LogP contribution is -2.21. The van der Waals surface area contributed by atoms with Crippen LogP contribution in [0.5, 0.6) is 0 Å². The summed E-state index contributed by atoms with van der Waals surface area (Å²) in [4.78, 5) is 3.33. The van der Waals surface area contributed by atoms with Gasteiger partial charge in [-0.3, -0.25) is 0 Å². The number of aromatic amines is 1. The van der Waals surface area contributed by atoms with Crippen molar-refractivity contribution in [1.82, 2.24) is 4.98 Å². The van der Waals surface area contributed by atoms with Crippen molar-refractivity contribution in [2.75, 3.05) is 6.54 Å². The first kappa shape index (κ1) is 10.2. The number of rotatable bonds is 2. The summed E-state index contributed by atoms with van der Waals surface area (Å²) in [6.45, 7) is 4.60. The third-order valence-corrected chi connectivity index (χ3v) is 2.82. The monoisotopic (exact) mass is 203 g/mol. The fraction of sp³-hybridized carbons (Fsp3) is 0.333. The van der Waals surface area contributed by atoms with Crippen molar-refractivity contribution in [3.05, 3.63) is 35.0 Å². The average Bonchev–Trinajstić information content (AvgIpc) is 2.52. The zero-order valence-electron chi connectivity index (χ0n) is 9.17. The van der Waals surface area contributed by atoms with Gasteiger partial charge in [-0.2, -0.15) is 0 Å². The highest BCUT2D eigenvalue weighted by molar-refractivity contribution is 5.85. The van der Waals surface area contributed by atoms with Gasteiger partial charge in [-0.15, -0.1) is 0 Å². The highest BCUT2D eigenvalue weighted by atomic mass is 14.8. The molecule has 0 aliphatic heterocycles. The molecular weight excluding hydrogens is 186 g/mol. The lowest BCUT2D eigenvalue weighted by Gasteiger charge is -2.09. The van der Waals surface area contributed by atoms with Crippen molar-refractivity contribution in [3.63, 3.8) is 0 Å². The normalized spacial score (nSPS) is 13.3. The van der Waals surface area contributed by atoms with Gasteiger partial charge < -0.3 is 16.5 Å². The molecule has 0 fully saturated rings. The molecule has 5 N–H and O–H groups in total. The molecule has 2 rings (SSSR count). The summed E-state index contributed by atoms with van der Waals surface area (Å²) in [5.41, 5.74) is 16.3. The molecule has 0 aliphatic carbocycles. The molecule has 0 amide bonds. The van der Waals surface area contributed by atoms with Gasteiger partial charge >= 0.3 is 0 Å². The molecule has 1 aromatic heterocycles. The summed E-state index contributed by atoms with van der Waals surface area (Å²) in [6.07, 6.45) is 0. The SMILES string of the molecule is Cc1ccc2[nH]c(C)c(C(N)CN)c2c1. The Morgan fingerprint density at radius 1 is 1.33 bits per heavy atom. The van der Waals surface area contributed by atoms with Crippen LogP contribution in [0, 0.1) is 13.8 Å². The molecule has 1 unspecified atom stereocenters. The molecule has 0 aliphatic rings. The highest BCUT2D eigenvalue weighted by Gasteiger charge is 2.13. The summed E-state index contributed by atoms with van der Waals surface area (Å²) >= 11 is 0. The number of hydrogen-bond acceptors (Lipinski definition) is 2. The number of aromatic nitrogens is 1. The van der Waals surface area contributed by atoms with Crippen LogP contribution < -0.4 is 11.5 Å². The van der Waals surface area contributed by atoms with Crippen molar-refractivity contribution < 1.29 is 0 Å². The van der Waals surface area contributed by atoms with Gasteiger partial charge in [-0.05, 0) is 31.5 Å². The number of aryl methyl sites for hydroxylation is 2. The van der Waals surface area contributed by atoms with Crippen LogP contribution in [0.15, 0.2) is 18.2 Å². The Bertz CT molecular complexity index is 485. The van der Waals surface area contributed by atoms with E-state index in [2.05, 4.69) is 30.1 Å². The van der Waals surface area contributed by atoms with E-state index >= 15 is 0 Å². The van der Waals surface area contributed by atoms with Crippen LogP contribution in [0.1, 0.15) is 22.9 Å². The lowest BCUT2D eigenvalue weighted by molar-refractivity contribution is 0.737. The Labute approximate surface area is 89.5 Å². The van der Waals surface area contributed by atoms with E-state index < -0.39 is 0 Å². The Kier molecular flexibility index (Phi) is 2.50. The molecule has 1 atom stereocenters. The number of nitrogens with one attached hydrogen (secondary N) is 1.